The van der Waals surface area contributed by atoms with Crippen molar-refractivity contribution in [3.63, 3.8) is 0 Å². The molecule has 0 spiro atoms. The SMILES string of the molecule is CCC1=C(C(=O)OC)[C@H](c2ccccc2)n2c(s/c(=C\c3cc(Cl)c(OCc4ccc(C(=O)O)cc4)c(Cl)c3)c2=O)=N1. The van der Waals surface area contributed by atoms with Crippen molar-refractivity contribution in [2.24, 2.45) is 4.99 Å². The Balaban J connectivity index is 1.52. The van der Waals surface area contributed by atoms with Gasteiger partial charge in [0.25, 0.3) is 5.56 Å². The number of halogens is 2. The molecular weight excluding hydrogens is 599 g/mol. The van der Waals surface area contributed by atoms with Gasteiger partial charge in [-0.2, -0.15) is 0 Å². The maximum atomic E-state index is 13.8. The Kier molecular flexibility index (Phi) is 8.63. The van der Waals surface area contributed by atoms with Gasteiger partial charge in [0.2, 0.25) is 0 Å². The summed E-state index contributed by atoms with van der Waals surface area (Å²) in [7, 11) is 1.31. The van der Waals surface area contributed by atoms with Gasteiger partial charge in [0.1, 0.15) is 6.61 Å². The third kappa shape index (κ3) is 5.76. The maximum absolute atomic E-state index is 13.8. The third-order valence-corrected chi connectivity index (χ3v) is 8.21. The van der Waals surface area contributed by atoms with Crippen LogP contribution < -0.4 is 19.6 Å². The monoisotopic (exact) mass is 622 g/mol. The van der Waals surface area contributed by atoms with Gasteiger partial charge in [-0.1, -0.05) is 83.9 Å². The number of carboxylic acids is 1. The first-order chi connectivity index (χ1) is 20.2. The van der Waals surface area contributed by atoms with Gasteiger partial charge >= 0.3 is 11.9 Å². The molecule has 0 saturated heterocycles. The minimum Gasteiger partial charge on any atom is -0.486 e. The molecule has 2 heterocycles. The molecule has 5 rings (SSSR count). The molecule has 0 aliphatic carbocycles. The number of benzene rings is 3. The summed E-state index contributed by atoms with van der Waals surface area (Å²) in [6.45, 7) is 2.02. The van der Waals surface area contributed by atoms with Crippen molar-refractivity contribution in [1.82, 2.24) is 4.57 Å². The first kappa shape index (κ1) is 29.3. The largest absolute Gasteiger partial charge is 0.486 e. The lowest BCUT2D eigenvalue weighted by atomic mass is 9.95. The number of thiazole rings is 1. The standard InChI is InChI=1S/C31H24Cl2N2O6S/c1-3-23-25(30(39)40-2)26(19-7-5-4-6-8-19)35-28(36)24(42-31(35)34-23)15-18-13-21(32)27(22(33)14-18)41-16-17-9-11-20(12-10-17)29(37)38/h4-15,26H,3,16H2,1-2H3,(H,37,38)/b24-15-/t26-/m0/s1. The quantitative estimate of drug-likeness (QED) is 0.264. The van der Waals surface area contributed by atoms with Crippen molar-refractivity contribution in [2.75, 3.05) is 7.11 Å². The van der Waals surface area contributed by atoms with E-state index in [1.165, 1.54) is 35.1 Å². The summed E-state index contributed by atoms with van der Waals surface area (Å²) in [6, 6.07) is 18.2. The van der Waals surface area contributed by atoms with Crippen LogP contribution in [0.2, 0.25) is 10.0 Å². The second-order valence-corrected chi connectivity index (χ2v) is 11.1. The Morgan fingerprint density at radius 3 is 2.33 bits per heavy atom. The predicted octanol–water partition coefficient (Wildman–Crippen LogP) is 5.38. The van der Waals surface area contributed by atoms with Crippen LogP contribution in [0, 0.1) is 0 Å². The lowest BCUT2D eigenvalue weighted by Crippen LogP contribution is -2.40. The number of allylic oxidation sites excluding steroid dienone is 1. The van der Waals surface area contributed by atoms with Crippen molar-refractivity contribution in [3.05, 3.63) is 130 Å². The van der Waals surface area contributed by atoms with E-state index in [1.54, 1.807) is 30.3 Å². The molecule has 0 amide bonds. The highest BCUT2D eigenvalue weighted by atomic mass is 35.5. The van der Waals surface area contributed by atoms with E-state index >= 15 is 0 Å². The Labute approximate surface area is 254 Å². The van der Waals surface area contributed by atoms with Crippen LogP contribution in [0.1, 0.15) is 46.4 Å². The zero-order valence-electron chi connectivity index (χ0n) is 22.5. The van der Waals surface area contributed by atoms with E-state index in [4.69, 9.17) is 37.8 Å². The van der Waals surface area contributed by atoms with Crippen LogP contribution in [0.25, 0.3) is 6.08 Å². The predicted molar refractivity (Wildman–Crippen MR) is 161 cm³/mol. The molecule has 1 atom stereocenters. The summed E-state index contributed by atoms with van der Waals surface area (Å²) in [6.07, 6.45) is 2.15. The van der Waals surface area contributed by atoms with Gasteiger partial charge in [0, 0.05) is 0 Å². The molecule has 0 fully saturated rings. The molecule has 214 valence electrons. The fraction of sp³-hybridized carbons (Fsp3) is 0.161. The number of carbonyl (C=O) groups excluding carboxylic acids is 1. The van der Waals surface area contributed by atoms with Crippen molar-refractivity contribution in [2.45, 2.75) is 26.0 Å². The van der Waals surface area contributed by atoms with Crippen molar-refractivity contribution < 1.29 is 24.2 Å². The van der Waals surface area contributed by atoms with Crippen molar-refractivity contribution in [1.29, 1.82) is 0 Å². The number of aromatic carboxylic acids is 1. The minimum atomic E-state index is -1.01. The lowest BCUT2D eigenvalue weighted by Gasteiger charge is -2.25. The molecule has 0 saturated carbocycles. The molecule has 0 radical (unpaired) electrons. The van der Waals surface area contributed by atoms with Gasteiger partial charge < -0.3 is 14.6 Å². The highest BCUT2D eigenvalue weighted by Gasteiger charge is 2.33. The van der Waals surface area contributed by atoms with Gasteiger partial charge in [0.05, 0.1) is 44.6 Å². The van der Waals surface area contributed by atoms with Crippen LogP contribution in [0.3, 0.4) is 0 Å². The van der Waals surface area contributed by atoms with Crippen molar-refractivity contribution >= 4 is 52.6 Å². The molecule has 4 aromatic rings. The van der Waals surface area contributed by atoms with Crippen LogP contribution in [-0.2, 0) is 16.1 Å². The Morgan fingerprint density at radius 2 is 1.74 bits per heavy atom. The zero-order chi connectivity index (χ0) is 30.0. The fourth-order valence-electron chi connectivity index (χ4n) is 4.67. The average Bonchev–Trinajstić information content (AvgIpc) is 3.30. The topological polar surface area (TPSA) is 107 Å². The van der Waals surface area contributed by atoms with Crippen LogP contribution in [0.4, 0.5) is 0 Å². The molecule has 8 nitrogen and oxygen atoms in total. The number of nitrogens with zero attached hydrogens (tertiary/aromatic N) is 2. The van der Waals surface area contributed by atoms with Gasteiger partial charge in [-0.3, -0.25) is 9.36 Å². The van der Waals surface area contributed by atoms with Gasteiger partial charge in [-0.25, -0.2) is 14.6 Å². The third-order valence-electron chi connectivity index (χ3n) is 6.67. The van der Waals surface area contributed by atoms with Crippen molar-refractivity contribution in [3.8, 4) is 5.75 Å². The number of carbonyl (C=O) groups is 2. The zero-order valence-corrected chi connectivity index (χ0v) is 24.8. The van der Waals surface area contributed by atoms with Crippen LogP contribution >= 0.6 is 34.5 Å². The number of rotatable bonds is 8. The molecule has 42 heavy (non-hydrogen) atoms. The van der Waals surface area contributed by atoms with Crippen LogP contribution in [0.15, 0.2) is 87.8 Å². The second kappa shape index (κ2) is 12.4. The van der Waals surface area contributed by atoms with E-state index in [9.17, 15) is 14.4 Å². The highest BCUT2D eigenvalue weighted by Crippen LogP contribution is 2.35. The summed E-state index contributed by atoms with van der Waals surface area (Å²) in [5, 5.41) is 9.56. The Morgan fingerprint density at radius 1 is 1.07 bits per heavy atom. The number of carboxylic acid groups (broad SMARTS) is 1. The lowest BCUT2D eigenvalue weighted by molar-refractivity contribution is -0.136. The molecule has 1 N–H and O–H groups in total. The number of hydrogen-bond donors (Lipinski definition) is 1. The number of fused-ring (bicyclic) bond motifs is 1. The normalized spacial score (nSPS) is 14.8. The van der Waals surface area contributed by atoms with Gasteiger partial charge in [0.15, 0.2) is 10.6 Å². The smallest absolute Gasteiger partial charge is 0.338 e. The van der Waals surface area contributed by atoms with Gasteiger partial charge in [-0.15, -0.1) is 0 Å². The number of ether oxygens (including phenoxy) is 2. The summed E-state index contributed by atoms with van der Waals surface area (Å²) < 4.78 is 12.8. The van der Waals surface area contributed by atoms with Crippen LogP contribution in [-0.4, -0.2) is 28.7 Å². The highest BCUT2D eigenvalue weighted by molar-refractivity contribution is 7.07. The summed E-state index contributed by atoms with van der Waals surface area (Å²) in [4.78, 5) is 42.9. The molecule has 1 aliphatic heterocycles. The molecule has 1 aromatic heterocycles. The Bertz CT molecular complexity index is 1870. The molecule has 3 aromatic carbocycles. The maximum Gasteiger partial charge on any atom is 0.338 e. The fourth-order valence-corrected chi connectivity index (χ4v) is 6.30. The van der Waals surface area contributed by atoms with E-state index in [1.807, 2.05) is 37.3 Å². The first-order valence-electron chi connectivity index (χ1n) is 12.8. The van der Waals surface area contributed by atoms with E-state index in [0.29, 0.717) is 32.6 Å². The van der Waals surface area contributed by atoms with E-state index < -0.39 is 18.0 Å². The molecule has 11 heteroatoms. The molecule has 0 bridgehead atoms. The second-order valence-electron chi connectivity index (χ2n) is 9.30. The number of methoxy groups -OCH3 is 1. The average molecular weight is 624 g/mol. The van der Waals surface area contributed by atoms with Crippen LogP contribution in [0.5, 0.6) is 5.75 Å². The molecule has 1 aliphatic rings. The summed E-state index contributed by atoms with van der Waals surface area (Å²) >= 11 is 14.2. The van der Waals surface area contributed by atoms with E-state index in [2.05, 4.69) is 4.99 Å². The number of esters is 1. The minimum absolute atomic E-state index is 0.124. The molecular formula is C31H24Cl2N2O6S. The first-order valence-corrected chi connectivity index (χ1v) is 14.4. The number of hydrogen-bond acceptors (Lipinski definition) is 7. The summed E-state index contributed by atoms with van der Waals surface area (Å²) in [5.41, 5.74) is 2.82. The Hall–Kier alpha value is -4.18. The number of aromatic nitrogens is 1. The van der Waals surface area contributed by atoms with E-state index in [-0.39, 0.29) is 33.5 Å². The molecule has 0 unspecified atom stereocenters. The van der Waals surface area contributed by atoms with E-state index in [0.717, 1.165) is 11.1 Å². The van der Waals surface area contributed by atoms with Gasteiger partial charge in [-0.05, 0) is 53.5 Å². The summed E-state index contributed by atoms with van der Waals surface area (Å²) in [5.74, 6) is -1.29.